The van der Waals surface area contributed by atoms with Gasteiger partial charge in [-0.25, -0.2) is 19.9 Å². The number of piperidine rings is 2. The summed E-state index contributed by atoms with van der Waals surface area (Å²) in [6.07, 6.45) is 6.97. The van der Waals surface area contributed by atoms with Crippen molar-refractivity contribution in [3.63, 3.8) is 0 Å². The first kappa shape index (κ1) is 38.1. The number of hydrogen-bond acceptors (Lipinski definition) is 15. The molecular formula is C43H42N12O5. The fourth-order valence-electron chi connectivity index (χ4n) is 8.15. The van der Waals surface area contributed by atoms with Crippen molar-refractivity contribution in [2.45, 2.75) is 37.8 Å². The fourth-order valence-corrected chi connectivity index (χ4v) is 8.15. The number of aromatic nitrogens is 4. The van der Waals surface area contributed by atoms with Crippen molar-refractivity contribution in [1.82, 2.24) is 30.2 Å². The SMILES string of the molecule is N=C(c1ccc(Oc2ccccc2)cc1)c1c(N)ncnc1NC1CCN(c2cnc(N3CCN(c4ccc5c(c4)C(=O)N(C4CCC(=O)NC4=O)C5=O)CC3)nc2)CC1. The van der Waals surface area contributed by atoms with Gasteiger partial charge in [0.05, 0.1) is 40.5 Å². The number of nitrogen functional groups attached to an aromatic ring is 1. The van der Waals surface area contributed by atoms with Crippen LogP contribution in [0.2, 0.25) is 0 Å². The number of imide groups is 2. The molecule has 60 heavy (non-hydrogen) atoms. The summed E-state index contributed by atoms with van der Waals surface area (Å²) in [7, 11) is 0. The van der Waals surface area contributed by atoms with E-state index in [1.165, 1.54) is 6.33 Å². The fraction of sp³-hybridized carbons (Fsp3) is 0.279. The third-order valence-electron chi connectivity index (χ3n) is 11.4. The van der Waals surface area contributed by atoms with E-state index in [1.54, 1.807) is 12.1 Å². The van der Waals surface area contributed by atoms with Gasteiger partial charge >= 0.3 is 0 Å². The molecule has 4 aliphatic rings. The van der Waals surface area contributed by atoms with Crippen LogP contribution in [0.3, 0.4) is 0 Å². The number of rotatable bonds is 10. The van der Waals surface area contributed by atoms with Crippen molar-refractivity contribution in [3.05, 3.63) is 114 Å². The van der Waals surface area contributed by atoms with Crippen LogP contribution in [0.4, 0.5) is 29.0 Å². The van der Waals surface area contributed by atoms with Crippen LogP contribution in [0, 0.1) is 5.41 Å². The van der Waals surface area contributed by atoms with Gasteiger partial charge in [0.25, 0.3) is 11.8 Å². The van der Waals surface area contributed by atoms with Gasteiger partial charge in [0, 0.05) is 63.0 Å². The van der Waals surface area contributed by atoms with E-state index in [1.807, 2.05) is 73.1 Å². The molecule has 6 heterocycles. The Balaban J connectivity index is 0.773. The van der Waals surface area contributed by atoms with E-state index in [-0.39, 0.29) is 41.5 Å². The second kappa shape index (κ2) is 16.1. The summed E-state index contributed by atoms with van der Waals surface area (Å²) in [5.74, 6) is 0.722. The number of anilines is 5. The summed E-state index contributed by atoms with van der Waals surface area (Å²) in [6, 6.07) is 21.1. The van der Waals surface area contributed by atoms with Crippen LogP contribution < -0.4 is 35.8 Å². The molecule has 3 saturated heterocycles. The normalized spacial score (nSPS) is 18.4. The maximum atomic E-state index is 13.3. The lowest BCUT2D eigenvalue weighted by molar-refractivity contribution is -0.136. The minimum atomic E-state index is -0.999. The van der Waals surface area contributed by atoms with Gasteiger partial charge in [-0.1, -0.05) is 18.2 Å². The number of benzene rings is 3. The van der Waals surface area contributed by atoms with Gasteiger partial charge in [0.1, 0.15) is 35.5 Å². The van der Waals surface area contributed by atoms with Gasteiger partial charge in [-0.15, -0.1) is 0 Å². The summed E-state index contributed by atoms with van der Waals surface area (Å²) in [5, 5.41) is 14.8. The van der Waals surface area contributed by atoms with Crippen molar-refractivity contribution in [1.29, 1.82) is 5.41 Å². The second-order valence-corrected chi connectivity index (χ2v) is 15.1. The lowest BCUT2D eigenvalue weighted by Gasteiger charge is -2.36. The molecule has 5 N–H and O–H groups in total. The van der Waals surface area contributed by atoms with Gasteiger partial charge < -0.3 is 30.5 Å². The monoisotopic (exact) mass is 806 g/mol. The van der Waals surface area contributed by atoms with Crippen LogP contribution in [0.1, 0.15) is 57.5 Å². The molecule has 0 aliphatic carbocycles. The van der Waals surface area contributed by atoms with Gasteiger partial charge in [-0.3, -0.25) is 34.8 Å². The highest BCUT2D eigenvalue weighted by molar-refractivity contribution is 6.23. The van der Waals surface area contributed by atoms with Crippen molar-refractivity contribution < 1.29 is 23.9 Å². The Morgan fingerprint density at radius 2 is 1.40 bits per heavy atom. The Hall–Kier alpha value is -7.43. The standard InChI is InChI=1S/C43H42N12O5/c44-37(26-6-9-31(10-7-26)60-30-4-2-1-3-5-30)36-38(45)48-25-49-39(36)50-27-14-16-52(17-15-27)29-23-46-43(47-24-29)54-20-18-53(19-21-54)28-8-11-32-33(22-28)42(59)55(41(32)58)34-12-13-35(56)51-40(34)57/h1-11,22-25,27,34,44H,12-21H2,(H,51,56,57)(H3,45,48,49,50). The predicted octanol–water partition coefficient (Wildman–Crippen LogP) is 3.87. The second-order valence-electron chi connectivity index (χ2n) is 15.1. The van der Waals surface area contributed by atoms with E-state index in [0.29, 0.717) is 54.8 Å². The van der Waals surface area contributed by atoms with E-state index in [2.05, 4.69) is 35.3 Å². The topological polar surface area (TPSA) is 216 Å². The van der Waals surface area contributed by atoms with Crippen LogP contribution in [0.25, 0.3) is 0 Å². The number of nitrogens with one attached hydrogen (secondary N) is 3. The third kappa shape index (κ3) is 7.52. The number of fused-ring (bicyclic) bond motifs is 1. The molecule has 0 spiro atoms. The average Bonchev–Trinajstić information content (AvgIpc) is 3.52. The highest BCUT2D eigenvalue weighted by Crippen LogP contribution is 2.32. The van der Waals surface area contributed by atoms with Gasteiger partial charge in [-0.2, -0.15) is 0 Å². The Morgan fingerprint density at radius 1 is 0.733 bits per heavy atom. The van der Waals surface area contributed by atoms with Crippen LogP contribution in [0.5, 0.6) is 11.5 Å². The van der Waals surface area contributed by atoms with E-state index in [9.17, 15) is 19.2 Å². The maximum Gasteiger partial charge on any atom is 0.262 e. The highest BCUT2D eigenvalue weighted by Gasteiger charge is 2.45. The molecule has 0 radical (unpaired) electrons. The van der Waals surface area contributed by atoms with Crippen LogP contribution in [-0.4, -0.2) is 106 Å². The molecule has 9 rings (SSSR count). The molecule has 17 heteroatoms. The number of amides is 4. The van der Waals surface area contributed by atoms with Gasteiger partial charge in [0.15, 0.2) is 0 Å². The first-order chi connectivity index (χ1) is 29.2. The zero-order chi connectivity index (χ0) is 41.3. The minimum absolute atomic E-state index is 0.0741. The summed E-state index contributed by atoms with van der Waals surface area (Å²) in [5.41, 5.74) is 9.94. The first-order valence-electron chi connectivity index (χ1n) is 19.9. The van der Waals surface area contributed by atoms with E-state index >= 15 is 0 Å². The maximum absolute atomic E-state index is 13.3. The Bertz CT molecular complexity index is 2470. The zero-order valence-corrected chi connectivity index (χ0v) is 32.6. The molecule has 1 atom stereocenters. The largest absolute Gasteiger partial charge is 0.457 e. The summed E-state index contributed by atoms with van der Waals surface area (Å²) < 4.78 is 5.92. The van der Waals surface area contributed by atoms with Gasteiger partial charge in [-0.05, 0) is 73.9 Å². The Morgan fingerprint density at radius 3 is 2.12 bits per heavy atom. The predicted molar refractivity (Wildman–Crippen MR) is 224 cm³/mol. The van der Waals surface area contributed by atoms with Crippen LogP contribution >= 0.6 is 0 Å². The Labute approximate surface area is 345 Å². The number of carbonyl (C=O) groups excluding carboxylic acids is 4. The molecule has 5 aromatic rings. The lowest BCUT2D eigenvalue weighted by atomic mass is 10.0. The highest BCUT2D eigenvalue weighted by atomic mass is 16.5. The zero-order valence-electron chi connectivity index (χ0n) is 32.6. The molecule has 0 saturated carbocycles. The molecule has 2 aromatic heterocycles. The molecule has 3 aromatic carbocycles. The van der Waals surface area contributed by atoms with Crippen molar-refractivity contribution >= 4 is 58.3 Å². The van der Waals surface area contributed by atoms with Crippen molar-refractivity contribution in [2.75, 3.05) is 65.0 Å². The first-order valence-corrected chi connectivity index (χ1v) is 19.9. The average molecular weight is 807 g/mol. The number of nitrogens with zero attached hydrogens (tertiary/aromatic N) is 8. The van der Waals surface area contributed by atoms with E-state index in [0.717, 1.165) is 48.0 Å². The number of carbonyl (C=O) groups is 4. The smallest absolute Gasteiger partial charge is 0.262 e. The van der Waals surface area contributed by atoms with E-state index < -0.39 is 29.7 Å². The Kier molecular flexibility index (Phi) is 10.2. The van der Waals surface area contributed by atoms with Crippen molar-refractivity contribution in [3.8, 4) is 11.5 Å². The number of piperazine rings is 1. The quantitative estimate of drug-likeness (QED) is 0.117. The van der Waals surface area contributed by atoms with Crippen LogP contribution in [0.15, 0.2) is 91.5 Å². The number of hydrogen-bond donors (Lipinski definition) is 4. The number of ether oxygens (including phenoxy) is 1. The summed E-state index contributed by atoms with van der Waals surface area (Å²) >= 11 is 0. The molecule has 17 nitrogen and oxygen atoms in total. The summed E-state index contributed by atoms with van der Waals surface area (Å²) in [4.78, 5) is 76.2. The molecule has 0 bridgehead atoms. The van der Waals surface area contributed by atoms with E-state index in [4.69, 9.17) is 25.8 Å². The van der Waals surface area contributed by atoms with Crippen LogP contribution in [-0.2, 0) is 9.59 Å². The minimum Gasteiger partial charge on any atom is -0.457 e. The number of para-hydroxylation sites is 1. The van der Waals surface area contributed by atoms with Gasteiger partial charge in [0.2, 0.25) is 17.8 Å². The van der Waals surface area contributed by atoms with Crippen molar-refractivity contribution in [2.24, 2.45) is 0 Å². The molecule has 4 amide bonds. The third-order valence-corrected chi connectivity index (χ3v) is 11.4. The lowest BCUT2D eigenvalue weighted by Crippen LogP contribution is -2.54. The molecular weight excluding hydrogens is 765 g/mol. The molecule has 1 unspecified atom stereocenters. The molecule has 4 aliphatic heterocycles. The summed E-state index contributed by atoms with van der Waals surface area (Å²) in [6.45, 7) is 4.16. The molecule has 304 valence electrons. The molecule has 3 fully saturated rings. The number of nitrogens with two attached hydrogens (primary N) is 1.